The van der Waals surface area contributed by atoms with Crippen LogP contribution in [0, 0.1) is 0 Å². The van der Waals surface area contributed by atoms with Gasteiger partial charge in [0.1, 0.15) is 0 Å². The molecule has 0 spiro atoms. The van der Waals surface area contributed by atoms with Crippen molar-refractivity contribution in [2.75, 3.05) is 9.80 Å². The van der Waals surface area contributed by atoms with Crippen LogP contribution >= 0.6 is 0 Å². The van der Waals surface area contributed by atoms with Gasteiger partial charge in [0.15, 0.2) is 0 Å². The third-order valence-electron chi connectivity index (χ3n) is 24.8. The van der Waals surface area contributed by atoms with Gasteiger partial charge in [0.2, 0.25) is 0 Å². The number of rotatable bonds is 8. The molecule has 1 aromatic heterocycles. The molecule has 618 valence electrons. The molecule has 0 radical (unpaired) electrons. The molecule has 0 bridgehead atoms. The molecule has 0 unspecified atom stereocenters. The second-order valence-electron chi connectivity index (χ2n) is 45.9. The topological polar surface area (TPSA) is 11.4 Å². The average molecular weight is 1600 g/mol. The fraction of sp³-hybridized carbons (Fsp3) is 0.379. The molecule has 0 aliphatic carbocycles. The van der Waals surface area contributed by atoms with Gasteiger partial charge in [-0.1, -0.05) is 374 Å². The third kappa shape index (κ3) is 15.7. The second kappa shape index (κ2) is 28.9. The van der Waals surface area contributed by atoms with E-state index in [1.807, 2.05) is 95.2 Å². The molecule has 0 saturated heterocycles. The Hall–Kier alpha value is -9.90. The largest absolute Gasteiger partial charge is 0.310 e. The minimum atomic E-state index is -1.11. The zero-order chi connectivity index (χ0) is 99.4. The van der Waals surface area contributed by atoms with Crippen molar-refractivity contribution >= 4 is 79.0 Å². The van der Waals surface area contributed by atoms with Gasteiger partial charge in [0.25, 0.3) is 6.71 Å². The number of benzene rings is 12. The molecule has 0 saturated carbocycles. The maximum Gasteiger partial charge on any atom is 0.252 e. The lowest BCUT2D eigenvalue weighted by atomic mass is 9.33. The summed E-state index contributed by atoms with van der Waals surface area (Å²) >= 11 is 0. The third-order valence-corrected chi connectivity index (χ3v) is 24.8. The van der Waals surface area contributed by atoms with Crippen molar-refractivity contribution < 1.29 is 19.2 Å². The molecule has 3 heterocycles. The summed E-state index contributed by atoms with van der Waals surface area (Å²) in [6.07, 6.45) is 0. The lowest BCUT2D eigenvalue weighted by molar-refractivity contribution is 0.569. The van der Waals surface area contributed by atoms with Gasteiger partial charge in [-0.05, 0) is 249 Å². The summed E-state index contributed by atoms with van der Waals surface area (Å²) in [5, 5.41) is 2.07. The van der Waals surface area contributed by atoms with E-state index in [-0.39, 0.29) is 132 Å². The van der Waals surface area contributed by atoms with Crippen molar-refractivity contribution in [3.8, 4) is 61.3 Å². The Morgan fingerprint density at radius 1 is 0.242 bits per heavy atom. The Morgan fingerprint density at radius 3 is 1.12 bits per heavy atom. The standard InChI is InChI=1S/C116H136BN3/c1-106(2,3)76-44-39-72(40-45-76)87-64-83(113(22,23)24)66-89(75-57-81(111(16,17)18)60-82(58-75)112(19,20)21)104(87)119-99-59-74(71-37-35-34-36-38-71)43-53-95(99)117-96-54-51-86(118-97-55-49-79(109(10,11)12)62-91(97)92-63-80(110(13,14)15)50-56-98(92)118)70-100(96)120(102-69-85(115(28,29)30)68-101(119)103(102)117)105-88(73-41-46-77(47-42-73)107(4,5)6)65-84(114(25,26)27)67-93(105)90-61-78(108(7,8)9)48-52-94(90)116(31,32)33/h34-70H,1-33H3/i34D,35D,36D,37D,38D,41D,42D,46D,47D,48D,52D,61D,65D,67D. The summed E-state index contributed by atoms with van der Waals surface area (Å²) in [7, 11) is 0. The van der Waals surface area contributed by atoms with Crippen LogP contribution < -0.4 is 26.2 Å². The predicted molar refractivity (Wildman–Crippen MR) is 528 cm³/mol. The fourth-order valence-electron chi connectivity index (χ4n) is 17.2. The van der Waals surface area contributed by atoms with Crippen LogP contribution in [0.3, 0.4) is 0 Å². The SMILES string of the molecule is [2H]c1c([2H])c([2H])c(-c2ccc3c(c2)N(c2c(-c4ccc(C(C)(C)C)cc4)cc(C(C)(C)C)cc2-c2cc(C(C)(C)C)cc(C(C)(C)C)c2)c2cc(C(C)(C)C)cc4c2B3c2ccc(-n3c5ccc(C(C)(C)C)cc5c5cc(C(C)(C)C)ccc53)cc2N4c2c(-c3c([2H])c([2H])c(C(C)(C)C)c([2H])c3[2H])c([2H])c(C(C)(C)C)c([2H])c2-c2c([2H])c(C(C)(C)C)c([2H])c([2H])c2C(C)(C)C)c([2H])c1[2H]. The van der Waals surface area contributed by atoms with Crippen molar-refractivity contribution in [2.45, 2.75) is 288 Å². The number of aromatic nitrogens is 1. The summed E-state index contributed by atoms with van der Waals surface area (Å²) in [6, 6.07) is 46.8. The molecule has 120 heavy (non-hydrogen) atoms. The quantitative estimate of drug-likeness (QED) is 0.141. The van der Waals surface area contributed by atoms with Gasteiger partial charge >= 0.3 is 0 Å². The zero-order valence-corrected chi connectivity index (χ0v) is 78.2. The fourth-order valence-corrected chi connectivity index (χ4v) is 17.2. The molecule has 13 aromatic rings. The predicted octanol–water partition coefficient (Wildman–Crippen LogP) is 31.5. The van der Waals surface area contributed by atoms with Gasteiger partial charge in [-0.25, -0.2) is 0 Å². The van der Waals surface area contributed by atoms with Crippen molar-refractivity contribution in [2.24, 2.45) is 0 Å². The Bertz CT molecular complexity index is 6940. The van der Waals surface area contributed by atoms with Crippen molar-refractivity contribution in [3.63, 3.8) is 0 Å². The van der Waals surface area contributed by atoms with E-state index in [1.54, 1.807) is 0 Å². The van der Waals surface area contributed by atoms with E-state index in [4.69, 9.17) is 1.37 Å². The minimum Gasteiger partial charge on any atom is -0.310 e. The van der Waals surface area contributed by atoms with Gasteiger partial charge in [-0.3, -0.25) is 0 Å². The molecule has 2 aliphatic heterocycles. The lowest BCUT2D eigenvalue weighted by Crippen LogP contribution is -2.61. The first-order valence-corrected chi connectivity index (χ1v) is 43.4. The number of nitrogens with zero attached hydrogens (tertiary/aromatic N) is 3. The van der Waals surface area contributed by atoms with Crippen molar-refractivity contribution in [1.82, 2.24) is 4.57 Å². The first-order chi connectivity index (χ1) is 61.3. The number of anilines is 6. The van der Waals surface area contributed by atoms with E-state index < -0.39 is 69.4 Å². The summed E-state index contributed by atoms with van der Waals surface area (Å²) < 4.78 is 149. The van der Waals surface area contributed by atoms with E-state index in [2.05, 4.69) is 287 Å². The molecular weight excluding hydrogens is 1450 g/mol. The highest BCUT2D eigenvalue weighted by Gasteiger charge is 2.47. The van der Waals surface area contributed by atoms with Gasteiger partial charge in [0, 0.05) is 61.5 Å². The van der Waals surface area contributed by atoms with Crippen LogP contribution in [0.1, 0.15) is 309 Å². The first-order valence-electron chi connectivity index (χ1n) is 50.4. The zero-order valence-electron chi connectivity index (χ0n) is 92.2. The van der Waals surface area contributed by atoms with E-state index in [1.165, 1.54) is 0 Å². The highest BCUT2D eigenvalue weighted by Crippen LogP contribution is 2.58. The van der Waals surface area contributed by atoms with E-state index in [9.17, 15) is 17.8 Å². The summed E-state index contributed by atoms with van der Waals surface area (Å²) in [5.74, 6) is 0. The number of fused-ring (bicyclic) bond motifs is 7. The Kier molecular flexibility index (Phi) is 16.5. The van der Waals surface area contributed by atoms with Crippen LogP contribution in [0.25, 0.3) is 83.1 Å². The normalized spacial score (nSPS) is 15.6. The van der Waals surface area contributed by atoms with Crippen molar-refractivity contribution in [1.29, 1.82) is 0 Å². The molecule has 3 nitrogen and oxygen atoms in total. The molecule has 15 rings (SSSR count). The van der Waals surface area contributed by atoms with Crippen LogP contribution in [-0.4, -0.2) is 11.3 Å². The maximum absolute atomic E-state index is 11.8. The molecule has 0 N–H and O–H groups in total. The van der Waals surface area contributed by atoms with E-state index in [0.717, 1.165) is 99.6 Å². The maximum atomic E-state index is 11.8. The smallest absolute Gasteiger partial charge is 0.252 e. The first kappa shape index (κ1) is 68.7. The molecule has 0 atom stereocenters. The Balaban J connectivity index is 1.28. The van der Waals surface area contributed by atoms with Gasteiger partial charge in [-0.15, -0.1) is 0 Å². The van der Waals surface area contributed by atoms with Crippen molar-refractivity contribution in [3.05, 3.63) is 285 Å². The van der Waals surface area contributed by atoms with Crippen LogP contribution in [0.2, 0.25) is 0 Å². The molecule has 0 amide bonds. The summed E-state index contributed by atoms with van der Waals surface area (Å²) in [5.41, 5.74) is 13.6. The van der Waals surface area contributed by atoms with Gasteiger partial charge in [-0.2, -0.15) is 0 Å². The highest BCUT2D eigenvalue weighted by atomic mass is 15.2. The number of hydrogen-bond donors (Lipinski definition) is 0. The molecule has 0 fully saturated rings. The van der Waals surface area contributed by atoms with Crippen LogP contribution in [-0.2, 0) is 59.6 Å². The average Bonchev–Trinajstić information content (AvgIpc) is 0.917. The molecular formula is C116H136BN3. The van der Waals surface area contributed by atoms with Crippen LogP contribution in [0.15, 0.2) is 224 Å². The Labute approximate surface area is 743 Å². The molecule has 12 aromatic carbocycles. The summed E-state index contributed by atoms with van der Waals surface area (Å²) in [4.78, 5) is 4.52. The lowest BCUT2D eigenvalue weighted by Gasteiger charge is -2.47. The molecule has 2 aliphatic rings. The summed E-state index contributed by atoms with van der Waals surface area (Å²) in [6.45, 7) is 69.2. The number of hydrogen-bond acceptors (Lipinski definition) is 2. The minimum absolute atomic E-state index is 0.0196. The van der Waals surface area contributed by atoms with Crippen LogP contribution in [0.5, 0.6) is 0 Å². The second-order valence-corrected chi connectivity index (χ2v) is 45.9. The van der Waals surface area contributed by atoms with E-state index >= 15 is 0 Å². The van der Waals surface area contributed by atoms with Gasteiger partial charge < -0.3 is 14.4 Å². The van der Waals surface area contributed by atoms with Gasteiger partial charge in [0.05, 0.1) is 41.6 Å². The monoisotopic (exact) mass is 1600 g/mol. The van der Waals surface area contributed by atoms with E-state index in [0.29, 0.717) is 45.0 Å². The van der Waals surface area contributed by atoms with Crippen LogP contribution in [0.4, 0.5) is 34.1 Å². The highest BCUT2D eigenvalue weighted by molar-refractivity contribution is 7.00. The molecule has 4 heteroatoms. The Morgan fingerprint density at radius 2 is 0.642 bits per heavy atom.